The van der Waals surface area contributed by atoms with Crippen molar-refractivity contribution in [3.05, 3.63) is 45.0 Å². The van der Waals surface area contributed by atoms with E-state index in [0.717, 1.165) is 19.4 Å². The topological polar surface area (TPSA) is 27.7 Å². The Balaban J connectivity index is 1.20. The maximum absolute atomic E-state index is 6.97. The average Bonchev–Trinajstić information content (AvgIpc) is 2.94. The fourth-order valence-corrected chi connectivity index (χ4v) is 12.8. The lowest BCUT2D eigenvalue weighted by molar-refractivity contribution is -0.322. The van der Waals surface area contributed by atoms with Crippen molar-refractivity contribution >= 4 is 22.6 Å². The van der Waals surface area contributed by atoms with Crippen LogP contribution in [0.25, 0.3) is 0 Å². The first-order valence-electron chi connectivity index (χ1n) is 17.8. The summed E-state index contributed by atoms with van der Waals surface area (Å²) in [5.41, 5.74) is 4.05. The maximum atomic E-state index is 6.97. The van der Waals surface area contributed by atoms with E-state index in [1.54, 1.807) is 0 Å². The van der Waals surface area contributed by atoms with E-state index in [4.69, 9.17) is 14.2 Å². The van der Waals surface area contributed by atoms with E-state index in [0.29, 0.717) is 35.9 Å². The van der Waals surface area contributed by atoms with Gasteiger partial charge in [0.05, 0.1) is 36.6 Å². The number of allylic oxidation sites excluding steroid dienone is 2. The summed E-state index contributed by atoms with van der Waals surface area (Å²) >= 11 is 2.39. The van der Waals surface area contributed by atoms with Gasteiger partial charge in [0.25, 0.3) is 0 Å². The lowest BCUT2D eigenvalue weighted by Crippen LogP contribution is -2.70. The zero-order chi connectivity index (χ0) is 31.6. The molecule has 0 aromatic heterocycles. The molecule has 1 aromatic carbocycles. The molecule has 3 nitrogen and oxygen atoms in total. The summed E-state index contributed by atoms with van der Waals surface area (Å²) in [7, 11) is 0. The minimum atomic E-state index is -0.180. The molecule has 1 aromatic rings. The zero-order valence-electron chi connectivity index (χ0n) is 29.2. The molecule has 4 saturated carbocycles. The Hall–Kier alpha value is -0.430. The molecule has 244 valence electrons. The van der Waals surface area contributed by atoms with Gasteiger partial charge in [-0.3, -0.25) is 0 Å². The minimum Gasteiger partial charge on any atom is -0.373 e. The molecule has 1 aliphatic heterocycles. The Morgan fingerprint density at radius 3 is 2.27 bits per heavy atom. The monoisotopic (exact) mass is 714 g/mol. The van der Waals surface area contributed by atoms with Crippen LogP contribution in [0.5, 0.6) is 0 Å². The average molecular weight is 715 g/mol. The second kappa shape index (κ2) is 10.3. The summed E-state index contributed by atoms with van der Waals surface area (Å²) in [5.74, 6) is 1.84. The number of hydrogen-bond donors (Lipinski definition) is 0. The van der Waals surface area contributed by atoms with E-state index in [1.165, 1.54) is 54.1 Å². The number of hydrogen-bond acceptors (Lipinski definition) is 3. The van der Waals surface area contributed by atoms with Gasteiger partial charge in [0.2, 0.25) is 0 Å². The highest BCUT2D eigenvalue weighted by Gasteiger charge is 2.70. The number of rotatable bonds is 3. The van der Waals surface area contributed by atoms with Gasteiger partial charge in [-0.1, -0.05) is 65.3 Å². The summed E-state index contributed by atoms with van der Waals surface area (Å²) in [5, 5.41) is 0. The van der Waals surface area contributed by atoms with Crippen LogP contribution in [-0.2, 0) is 20.8 Å². The normalized spacial score (nSPS) is 49.0. The molecule has 10 atom stereocenters. The van der Waals surface area contributed by atoms with Crippen LogP contribution in [0.15, 0.2) is 35.9 Å². The lowest BCUT2D eigenvalue weighted by atomic mass is 9.34. The Kier molecular flexibility index (Phi) is 7.51. The fourth-order valence-electron chi connectivity index (χ4n) is 12.4. The smallest absolute Gasteiger partial charge is 0.0949 e. The van der Waals surface area contributed by atoms with Gasteiger partial charge in [0, 0.05) is 8.99 Å². The van der Waals surface area contributed by atoms with Crippen LogP contribution in [0.3, 0.4) is 0 Å². The molecule has 0 bridgehead atoms. The molecule has 5 aliphatic carbocycles. The second-order valence-corrected chi connectivity index (χ2v) is 20.0. The minimum absolute atomic E-state index is 0.172. The van der Waals surface area contributed by atoms with Crippen molar-refractivity contribution in [2.45, 2.75) is 150 Å². The molecule has 7 rings (SSSR count). The number of ether oxygens (including phenoxy) is 3. The molecule has 0 N–H and O–H groups in total. The SMILES string of the molecule is CC1(C)C[C@@H](OCc2ccc(I)cc2)[C@]2(C)CC[C@]3(C)C(=CCC4[C@@]5(C)CC[C@@H]6OC(C)(C)CO[C@]6(C)C5CC[C@]43C)[C@@H]2C1. The van der Waals surface area contributed by atoms with Crippen LogP contribution in [0, 0.1) is 48.4 Å². The Bertz CT molecular complexity index is 1320. The number of halogens is 1. The van der Waals surface area contributed by atoms with Gasteiger partial charge in [-0.05, 0) is 158 Å². The van der Waals surface area contributed by atoms with Crippen molar-refractivity contribution < 1.29 is 14.2 Å². The molecule has 0 amide bonds. The molecular formula is C40H59IO3. The summed E-state index contributed by atoms with van der Waals surface area (Å²) in [4.78, 5) is 0. The highest BCUT2D eigenvalue weighted by Crippen LogP contribution is 2.75. The fraction of sp³-hybridized carbons (Fsp3) is 0.800. The first-order valence-corrected chi connectivity index (χ1v) is 18.9. The van der Waals surface area contributed by atoms with Gasteiger partial charge in [-0.15, -0.1) is 0 Å². The van der Waals surface area contributed by atoms with Gasteiger partial charge in [0.1, 0.15) is 0 Å². The maximum Gasteiger partial charge on any atom is 0.0949 e. The van der Waals surface area contributed by atoms with Gasteiger partial charge < -0.3 is 14.2 Å². The molecule has 5 fully saturated rings. The predicted octanol–water partition coefficient (Wildman–Crippen LogP) is 10.5. The Labute approximate surface area is 282 Å². The van der Waals surface area contributed by atoms with Crippen molar-refractivity contribution in [3.8, 4) is 0 Å². The molecule has 0 radical (unpaired) electrons. The van der Waals surface area contributed by atoms with E-state index in [-0.39, 0.29) is 39.0 Å². The largest absolute Gasteiger partial charge is 0.373 e. The highest BCUT2D eigenvalue weighted by molar-refractivity contribution is 14.1. The standard InChI is InChI=1S/C40H59IO3/c1-34(2)22-29-28-14-15-30-37(6)18-17-32-40(9,43-25-35(3,4)44-32)31(37)16-19-39(30,8)38(28,7)21-20-36(29,5)33(23-34)42-24-26-10-12-27(41)13-11-26/h10-14,29-33H,15-25H2,1-9H3/t29-,30?,31?,32-,33+,36+,37+,38+,39+,40+/m0/s1. The predicted molar refractivity (Wildman–Crippen MR) is 187 cm³/mol. The van der Waals surface area contributed by atoms with Crippen LogP contribution in [0.4, 0.5) is 0 Å². The second-order valence-electron chi connectivity index (χ2n) is 18.7. The number of benzene rings is 1. The number of fused-ring (bicyclic) bond motifs is 9. The quantitative estimate of drug-likeness (QED) is 0.231. The lowest BCUT2D eigenvalue weighted by Gasteiger charge is -2.72. The van der Waals surface area contributed by atoms with E-state index in [2.05, 4.69) is 115 Å². The van der Waals surface area contributed by atoms with Crippen LogP contribution >= 0.6 is 22.6 Å². The Morgan fingerprint density at radius 1 is 0.818 bits per heavy atom. The van der Waals surface area contributed by atoms with Gasteiger partial charge in [-0.2, -0.15) is 0 Å². The molecular weight excluding hydrogens is 655 g/mol. The third-order valence-electron chi connectivity index (χ3n) is 15.2. The summed E-state index contributed by atoms with van der Waals surface area (Å²) < 4.78 is 21.9. The van der Waals surface area contributed by atoms with E-state index >= 15 is 0 Å². The summed E-state index contributed by atoms with van der Waals surface area (Å²) in [6, 6.07) is 8.91. The zero-order valence-corrected chi connectivity index (χ0v) is 31.3. The first kappa shape index (κ1) is 32.1. The summed E-state index contributed by atoms with van der Waals surface area (Å²) in [6.07, 6.45) is 14.5. The molecule has 4 heteroatoms. The van der Waals surface area contributed by atoms with E-state index in [1.807, 2.05) is 5.57 Å². The van der Waals surface area contributed by atoms with Crippen molar-refractivity contribution in [2.24, 2.45) is 44.8 Å². The molecule has 0 spiro atoms. The van der Waals surface area contributed by atoms with Crippen molar-refractivity contribution in [2.75, 3.05) is 6.61 Å². The van der Waals surface area contributed by atoms with Crippen LogP contribution in [-0.4, -0.2) is 30.0 Å². The molecule has 1 saturated heterocycles. The van der Waals surface area contributed by atoms with Crippen molar-refractivity contribution in [1.82, 2.24) is 0 Å². The molecule has 2 unspecified atom stereocenters. The van der Waals surface area contributed by atoms with Crippen LogP contribution in [0.1, 0.15) is 126 Å². The molecule has 6 aliphatic rings. The van der Waals surface area contributed by atoms with Gasteiger partial charge in [-0.25, -0.2) is 0 Å². The molecule has 1 heterocycles. The van der Waals surface area contributed by atoms with Gasteiger partial charge in [0.15, 0.2) is 0 Å². The van der Waals surface area contributed by atoms with Crippen molar-refractivity contribution in [3.63, 3.8) is 0 Å². The van der Waals surface area contributed by atoms with Crippen molar-refractivity contribution in [1.29, 1.82) is 0 Å². The third-order valence-corrected chi connectivity index (χ3v) is 15.9. The Morgan fingerprint density at radius 2 is 1.55 bits per heavy atom. The van der Waals surface area contributed by atoms with Gasteiger partial charge >= 0.3 is 0 Å². The van der Waals surface area contributed by atoms with Crippen LogP contribution < -0.4 is 0 Å². The van der Waals surface area contributed by atoms with E-state index < -0.39 is 0 Å². The third kappa shape index (κ3) is 4.63. The molecule has 44 heavy (non-hydrogen) atoms. The summed E-state index contributed by atoms with van der Waals surface area (Å²) in [6.45, 7) is 23.9. The highest BCUT2D eigenvalue weighted by atomic mass is 127. The van der Waals surface area contributed by atoms with Crippen LogP contribution in [0.2, 0.25) is 0 Å². The van der Waals surface area contributed by atoms with E-state index in [9.17, 15) is 0 Å². The first-order chi connectivity index (χ1) is 20.5.